The molecule has 0 unspecified atom stereocenters. The molecule has 0 N–H and O–H groups in total. The van der Waals surface area contributed by atoms with Crippen molar-refractivity contribution < 1.29 is 14.3 Å². The molecule has 3 nitrogen and oxygen atoms in total. The Bertz CT molecular complexity index is 241. The molecule has 0 spiro atoms. The van der Waals surface area contributed by atoms with Gasteiger partial charge in [0.25, 0.3) is 0 Å². The average Bonchev–Trinajstić information content (AvgIpc) is 2.45. The minimum absolute atomic E-state index is 0.159. The van der Waals surface area contributed by atoms with Crippen molar-refractivity contribution in [3.63, 3.8) is 0 Å². The molecule has 2 atom stereocenters. The lowest BCUT2D eigenvalue weighted by molar-refractivity contribution is -0.147. The van der Waals surface area contributed by atoms with Crippen LogP contribution in [0.1, 0.15) is 26.7 Å². The summed E-state index contributed by atoms with van der Waals surface area (Å²) >= 11 is 0. The van der Waals surface area contributed by atoms with Crippen molar-refractivity contribution in [1.82, 2.24) is 0 Å². The van der Waals surface area contributed by atoms with E-state index in [0.29, 0.717) is 0 Å². The number of rotatable bonds is 2. The first-order chi connectivity index (χ1) is 6.08. The van der Waals surface area contributed by atoms with Gasteiger partial charge in [0.05, 0.1) is 6.10 Å². The highest BCUT2D eigenvalue weighted by Gasteiger charge is 2.37. The fourth-order valence-electron chi connectivity index (χ4n) is 1.41. The SMILES string of the molecule is C#C[C@@]1(COC(C)=O)CC[C@H](C)O1. The minimum Gasteiger partial charge on any atom is -0.462 e. The van der Waals surface area contributed by atoms with Gasteiger partial charge in [0.1, 0.15) is 6.61 Å². The number of esters is 1. The van der Waals surface area contributed by atoms with Gasteiger partial charge >= 0.3 is 5.97 Å². The zero-order valence-corrected chi connectivity index (χ0v) is 8.00. The number of terminal acetylenes is 1. The fraction of sp³-hybridized carbons (Fsp3) is 0.700. The van der Waals surface area contributed by atoms with Crippen LogP contribution in [0.15, 0.2) is 0 Å². The predicted octanol–water partition coefficient (Wildman–Crippen LogP) is 1.12. The van der Waals surface area contributed by atoms with Crippen LogP contribution in [0, 0.1) is 12.3 Å². The van der Waals surface area contributed by atoms with Gasteiger partial charge in [0, 0.05) is 6.92 Å². The van der Waals surface area contributed by atoms with Gasteiger partial charge in [0.2, 0.25) is 0 Å². The summed E-state index contributed by atoms with van der Waals surface area (Å²) in [5.74, 6) is 2.24. The van der Waals surface area contributed by atoms with Gasteiger partial charge in [-0.15, -0.1) is 6.42 Å². The molecule has 1 rings (SSSR count). The average molecular weight is 182 g/mol. The Morgan fingerprint density at radius 1 is 1.85 bits per heavy atom. The van der Waals surface area contributed by atoms with E-state index >= 15 is 0 Å². The van der Waals surface area contributed by atoms with Crippen molar-refractivity contribution in [2.24, 2.45) is 0 Å². The van der Waals surface area contributed by atoms with E-state index < -0.39 is 5.60 Å². The van der Waals surface area contributed by atoms with Crippen LogP contribution in [0.25, 0.3) is 0 Å². The third-order valence-electron chi connectivity index (χ3n) is 2.15. The molecule has 0 aromatic heterocycles. The Morgan fingerprint density at radius 3 is 2.92 bits per heavy atom. The van der Waals surface area contributed by atoms with Gasteiger partial charge in [-0.05, 0) is 19.8 Å². The molecule has 1 heterocycles. The quantitative estimate of drug-likeness (QED) is 0.474. The molecule has 0 radical (unpaired) electrons. The lowest BCUT2D eigenvalue weighted by Gasteiger charge is -2.22. The van der Waals surface area contributed by atoms with Crippen LogP contribution in [0.4, 0.5) is 0 Å². The van der Waals surface area contributed by atoms with E-state index in [-0.39, 0.29) is 18.7 Å². The Hall–Kier alpha value is -1.01. The smallest absolute Gasteiger partial charge is 0.302 e. The summed E-state index contributed by atoms with van der Waals surface area (Å²) in [6.45, 7) is 3.50. The van der Waals surface area contributed by atoms with Crippen LogP contribution in [0.5, 0.6) is 0 Å². The van der Waals surface area contributed by atoms with Gasteiger partial charge in [-0.3, -0.25) is 4.79 Å². The number of hydrogen-bond donors (Lipinski definition) is 0. The molecule has 0 aromatic rings. The molecule has 0 aliphatic carbocycles. The highest BCUT2D eigenvalue weighted by molar-refractivity contribution is 5.66. The standard InChI is InChI=1S/C10H14O3/c1-4-10(7-12-9(3)11)6-5-8(2)13-10/h1,8H,5-7H2,2-3H3/t8-,10-/m0/s1. The van der Waals surface area contributed by atoms with Crippen LogP contribution < -0.4 is 0 Å². The van der Waals surface area contributed by atoms with Crippen molar-refractivity contribution in [1.29, 1.82) is 0 Å². The third-order valence-corrected chi connectivity index (χ3v) is 2.15. The van der Waals surface area contributed by atoms with Crippen LogP contribution in [0.3, 0.4) is 0 Å². The molecule has 0 aromatic carbocycles. The van der Waals surface area contributed by atoms with E-state index in [1.807, 2.05) is 6.92 Å². The van der Waals surface area contributed by atoms with Crippen LogP contribution in [-0.4, -0.2) is 24.3 Å². The number of hydrogen-bond acceptors (Lipinski definition) is 3. The molecule has 72 valence electrons. The van der Waals surface area contributed by atoms with Crippen LogP contribution >= 0.6 is 0 Å². The highest BCUT2D eigenvalue weighted by Crippen LogP contribution is 2.29. The Balaban J connectivity index is 2.52. The zero-order valence-electron chi connectivity index (χ0n) is 8.00. The van der Waals surface area contributed by atoms with E-state index in [4.69, 9.17) is 15.9 Å². The van der Waals surface area contributed by atoms with E-state index in [0.717, 1.165) is 12.8 Å². The lowest BCUT2D eigenvalue weighted by Crippen LogP contribution is -2.33. The molecular weight excluding hydrogens is 168 g/mol. The molecule has 0 amide bonds. The Labute approximate surface area is 78.4 Å². The first-order valence-corrected chi connectivity index (χ1v) is 4.37. The first-order valence-electron chi connectivity index (χ1n) is 4.37. The molecule has 1 aliphatic rings. The van der Waals surface area contributed by atoms with E-state index in [2.05, 4.69) is 5.92 Å². The maximum absolute atomic E-state index is 10.6. The van der Waals surface area contributed by atoms with Gasteiger partial charge in [0.15, 0.2) is 5.60 Å². The van der Waals surface area contributed by atoms with E-state index in [1.54, 1.807) is 0 Å². The third kappa shape index (κ3) is 2.46. The van der Waals surface area contributed by atoms with Crippen LogP contribution in [0.2, 0.25) is 0 Å². The summed E-state index contributed by atoms with van der Waals surface area (Å²) in [5.41, 5.74) is -0.676. The predicted molar refractivity (Wildman–Crippen MR) is 48.0 cm³/mol. The number of ether oxygens (including phenoxy) is 2. The van der Waals surface area contributed by atoms with Gasteiger partial charge in [-0.1, -0.05) is 5.92 Å². The minimum atomic E-state index is -0.676. The number of carbonyl (C=O) groups excluding carboxylic acids is 1. The number of carbonyl (C=O) groups is 1. The molecule has 3 heteroatoms. The second-order valence-corrected chi connectivity index (χ2v) is 3.39. The summed E-state index contributed by atoms with van der Waals surface area (Å²) in [5, 5.41) is 0. The monoisotopic (exact) mass is 182 g/mol. The highest BCUT2D eigenvalue weighted by atomic mass is 16.6. The zero-order chi connectivity index (χ0) is 9.90. The summed E-state index contributed by atoms with van der Waals surface area (Å²) < 4.78 is 10.4. The Kier molecular flexibility index (Phi) is 2.94. The largest absolute Gasteiger partial charge is 0.462 e. The van der Waals surface area contributed by atoms with Crippen molar-refractivity contribution in [3.05, 3.63) is 0 Å². The fourth-order valence-corrected chi connectivity index (χ4v) is 1.41. The van der Waals surface area contributed by atoms with Crippen molar-refractivity contribution in [3.8, 4) is 12.3 Å². The van der Waals surface area contributed by atoms with Gasteiger partial charge in [-0.25, -0.2) is 0 Å². The molecule has 1 aliphatic heterocycles. The molecule has 0 bridgehead atoms. The van der Waals surface area contributed by atoms with Gasteiger partial charge < -0.3 is 9.47 Å². The molecule has 0 saturated carbocycles. The molecule has 13 heavy (non-hydrogen) atoms. The van der Waals surface area contributed by atoms with Crippen molar-refractivity contribution >= 4 is 5.97 Å². The normalized spacial score (nSPS) is 32.5. The summed E-state index contributed by atoms with van der Waals surface area (Å²) in [7, 11) is 0. The molecular formula is C10H14O3. The molecule has 1 saturated heterocycles. The lowest BCUT2D eigenvalue weighted by atomic mass is 10.0. The van der Waals surface area contributed by atoms with E-state index in [9.17, 15) is 4.79 Å². The summed E-state index contributed by atoms with van der Waals surface area (Å²) in [6.07, 6.45) is 7.19. The van der Waals surface area contributed by atoms with Gasteiger partial charge in [-0.2, -0.15) is 0 Å². The maximum atomic E-state index is 10.6. The maximum Gasteiger partial charge on any atom is 0.302 e. The topological polar surface area (TPSA) is 35.5 Å². The second kappa shape index (κ2) is 3.80. The van der Waals surface area contributed by atoms with Crippen LogP contribution in [-0.2, 0) is 14.3 Å². The molecule has 1 fully saturated rings. The summed E-state index contributed by atoms with van der Waals surface area (Å²) in [4.78, 5) is 10.6. The Morgan fingerprint density at radius 2 is 2.54 bits per heavy atom. The van der Waals surface area contributed by atoms with E-state index in [1.165, 1.54) is 6.92 Å². The second-order valence-electron chi connectivity index (χ2n) is 3.39. The van der Waals surface area contributed by atoms with Crippen molar-refractivity contribution in [2.45, 2.75) is 38.4 Å². The van der Waals surface area contributed by atoms with Crippen molar-refractivity contribution in [2.75, 3.05) is 6.61 Å². The summed E-state index contributed by atoms with van der Waals surface area (Å²) in [6, 6.07) is 0. The first kappa shape index (κ1) is 10.1.